The van der Waals surface area contributed by atoms with Crippen LogP contribution in [0.2, 0.25) is 0 Å². The molecule has 0 spiro atoms. The van der Waals surface area contributed by atoms with E-state index in [1.165, 1.54) is 44.1 Å². The highest BCUT2D eigenvalue weighted by atomic mass is 16.5. The summed E-state index contributed by atoms with van der Waals surface area (Å²) < 4.78 is 7.27. The van der Waals surface area contributed by atoms with Gasteiger partial charge >= 0.3 is 0 Å². The first-order chi connectivity index (χ1) is 9.65. The standard InChI is InChI=1S/C16H29N3O/c1-5-6-13-7-9-14(10-8-13)17-11-15-12(2)18-19(3)16(15)20-4/h13-14,17H,5-11H2,1-4H3. The number of aromatic nitrogens is 2. The third-order valence-electron chi connectivity index (χ3n) is 4.59. The van der Waals surface area contributed by atoms with Gasteiger partial charge in [-0.3, -0.25) is 0 Å². The zero-order valence-corrected chi connectivity index (χ0v) is 13.4. The molecule has 20 heavy (non-hydrogen) atoms. The first-order valence-corrected chi connectivity index (χ1v) is 7.95. The highest BCUT2D eigenvalue weighted by Gasteiger charge is 2.21. The van der Waals surface area contributed by atoms with Crippen molar-refractivity contribution in [3.8, 4) is 5.88 Å². The van der Waals surface area contributed by atoms with Crippen LogP contribution < -0.4 is 10.1 Å². The fraction of sp³-hybridized carbons (Fsp3) is 0.812. The van der Waals surface area contributed by atoms with E-state index < -0.39 is 0 Å². The molecular formula is C16H29N3O. The molecule has 0 bridgehead atoms. The Kier molecular flexibility index (Phi) is 5.46. The summed E-state index contributed by atoms with van der Waals surface area (Å²) in [7, 11) is 3.65. The van der Waals surface area contributed by atoms with Crippen LogP contribution in [0, 0.1) is 12.8 Å². The average Bonchev–Trinajstić information content (AvgIpc) is 2.72. The van der Waals surface area contributed by atoms with Crippen LogP contribution in [0.15, 0.2) is 0 Å². The molecule has 1 aliphatic rings. The number of aryl methyl sites for hydroxylation is 2. The highest BCUT2D eigenvalue weighted by molar-refractivity contribution is 5.30. The molecule has 0 amide bonds. The number of ether oxygens (including phenoxy) is 1. The number of nitrogens with zero attached hydrogens (tertiary/aromatic N) is 2. The number of hydrogen-bond acceptors (Lipinski definition) is 3. The van der Waals surface area contributed by atoms with Crippen LogP contribution in [0.4, 0.5) is 0 Å². The van der Waals surface area contributed by atoms with Crippen molar-refractivity contribution in [3.63, 3.8) is 0 Å². The van der Waals surface area contributed by atoms with Crippen molar-refractivity contribution in [1.29, 1.82) is 0 Å². The third kappa shape index (κ3) is 3.54. The molecule has 1 aromatic heterocycles. The van der Waals surface area contributed by atoms with Crippen molar-refractivity contribution in [1.82, 2.24) is 15.1 Å². The maximum absolute atomic E-state index is 5.45. The molecule has 0 aliphatic heterocycles. The summed E-state index contributed by atoms with van der Waals surface area (Å²) in [6.45, 7) is 5.21. The van der Waals surface area contributed by atoms with Gasteiger partial charge in [0.2, 0.25) is 5.88 Å². The second-order valence-electron chi connectivity index (χ2n) is 6.08. The van der Waals surface area contributed by atoms with Gasteiger partial charge in [0.05, 0.1) is 18.4 Å². The van der Waals surface area contributed by atoms with E-state index in [4.69, 9.17) is 4.74 Å². The maximum Gasteiger partial charge on any atom is 0.216 e. The minimum absolute atomic E-state index is 0.660. The molecule has 114 valence electrons. The van der Waals surface area contributed by atoms with Crippen molar-refractivity contribution in [2.75, 3.05) is 7.11 Å². The van der Waals surface area contributed by atoms with Crippen LogP contribution in [0.1, 0.15) is 56.7 Å². The lowest BCUT2D eigenvalue weighted by molar-refractivity contribution is 0.276. The Morgan fingerprint density at radius 3 is 2.60 bits per heavy atom. The predicted molar refractivity (Wildman–Crippen MR) is 82.0 cm³/mol. The van der Waals surface area contributed by atoms with E-state index in [1.54, 1.807) is 7.11 Å². The van der Waals surface area contributed by atoms with Crippen LogP contribution in [0.3, 0.4) is 0 Å². The molecule has 1 fully saturated rings. The first-order valence-electron chi connectivity index (χ1n) is 7.95. The Morgan fingerprint density at radius 2 is 2.00 bits per heavy atom. The molecule has 1 saturated carbocycles. The van der Waals surface area contributed by atoms with Crippen molar-refractivity contribution in [2.45, 2.75) is 65.0 Å². The number of nitrogens with one attached hydrogen (secondary N) is 1. The van der Waals surface area contributed by atoms with Gasteiger partial charge in [-0.15, -0.1) is 0 Å². The Morgan fingerprint density at radius 1 is 1.30 bits per heavy atom. The van der Waals surface area contributed by atoms with Crippen LogP contribution in [-0.4, -0.2) is 22.9 Å². The molecule has 1 heterocycles. The third-order valence-corrected chi connectivity index (χ3v) is 4.59. The lowest BCUT2D eigenvalue weighted by Gasteiger charge is -2.29. The zero-order valence-electron chi connectivity index (χ0n) is 13.4. The quantitative estimate of drug-likeness (QED) is 0.869. The summed E-state index contributed by atoms with van der Waals surface area (Å²) in [6.07, 6.45) is 8.12. The fourth-order valence-corrected chi connectivity index (χ4v) is 3.45. The van der Waals surface area contributed by atoms with Crippen molar-refractivity contribution >= 4 is 0 Å². The molecule has 1 N–H and O–H groups in total. The first kappa shape index (κ1) is 15.4. The maximum atomic E-state index is 5.45. The molecule has 1 aromatic rings. The number of hydrogen-bond donors (Lipinski definition) is 1. The summed E-state index contributed by atoms with van der Waals surface area (Å²) in [4.78, 5) is 0. The van der Waals surface area contributed by atoms with Gasteiger partial charge in [0.25, 0.3) is 0 Å². The van der Waals surface area contributed by atoms with Crippen LogP contribution >= 0.6 is 0 Å². The molecular weight excluding hydrogens is 250 g/mol. The second kappa shape index (κ2) is 7.11. The summed E-state index contributed by atoms with van der Waals surface area (Å²) in [5.41, 5.74) is 2.27. The van der Waals surface area contributed by atoms with Crippen LogP contribution in [-0.2, 0) is 13.6 Å². The van der Waals surface area contributed by atoms with E-state index in [2.05, 4.69) is 24.3 Å². The summed E-state index contributed by atoms with van der Waals surface area (Å²) in [6, 6.07) is 0.660. The molecule has 0 radical (unpaired) electrons. The van der Waals surface area contributed by atoms with E-state index in [9.17, 15) is 0 Å². The zero-order chi connectivity index (χ0) is 14.5. The second-order valence-corrected chi connectivity index (χ2v) is 6.08. The topological polar surface area (TPSA) is 39.1 Å². The fourth-order valence-electron chi connectivity index (χ4n) is 3.45. The molecule has 1 aliphatic carbocycles. The smallest absolute Gasteiger partial charge is 0.216 e. The van der Waals surface area contributed by atoms with Crippen molar-refractivity contribution in [2.24, 2.45) is 13.0 Å². The Balaban J connectivity index is 1.84. The van der Waals surface area contributed by atoms with Gasteiger partial charge in [-0.1, -0.05) is 19.8 Å². The van der Waals surface area contributed by atoms with Gasteiger partial charge in [-0.2, -0.15) is 5.10 Å². The molecule has 0 unspecified atom stereocenters. The Labute approximate surface area is 122 Å². The average molecular weight is 279 g/mol. The number of methoxy groups -OCH3 is 1. The van der Waals surface area contributed by atoms with Crippen LogP contribution in [0.5, 0.6) is 5.88 Å². The SMILES string of the molecule is CCCC1CCC(NCc2c(C)nn(C)c2OC)CC1. The molecule has 2 rings (SSSR count). The lowest BCUT2D eigenvalue weighted by atomic mass is 9.83. The number of rotatable bonds is 6. The van der Waals surface area contributed by atoms with Gasteiger partial charge in [0.1, 0.15) is 0 Å². The van der Waals surface area contributed by atoms with E-state index >= 15 is 0 Å². The van der Waals surface area contributed by atoms with Gasteiger partial charge < -0.3 is 10.1 Å². The molecule has 0 atom stereocenters. The molecule has 0 aromatic carbocycles. The largest absolute Gasteiger partial charge is 0.481 e. The molecule has 4 heteroatoms. The monoisotopic (exact) mass is 279 g/mol. The Hall–Kier alpha value is -1.03. The van der Waals surface area contributed by atoms with Gasteiger partial charge in [-0.05, 0) is 38.5 Å². The van der Waals surface area contributed by atoms with E-state index in [1.807, 2.05) is 11.7 Å². The predicted octanol–water partition coefficient (Wildman–Crippen LogP) is 3.19. The minimum atomic E-state index is 0.660. The van der Waals surface area contributed by atoms with Crippen molar-refractivity contribution < 1.29 is 4.74 Å². The van der Waals surface area contributed by atoms with Crippen LogP contribution in [0.25, 0.3) is 0 Å². The van der Waals surface area contributed by atoms with E-state index in [0.29, 0.717) is 6.04 Å². The van der Waals surface area contributed by atoms with Gasteiger partial charge in [0, 0.05) is 19.6 Å². The van der Waals surface area contributed by atoms with Crippen molar-refractivity contribution in [3.05, 3.63) is 11.3 Å². The van der Waals surface area contributed by atoms with Gasteiger partial charge in [0.15, 0.2) is 0 Å². The minimum Gasteiger partial charge on any atom is -0.481 e. The van der Waals surface area contributed by atoms with Gasteiger partial charge in [-0.25, -0.2) is 4.68 Å². The summed E-state index contributed by atoms with van der Waals surface area (Å²) in [5.74, 6) is 1.85. The van der Waals surface area contributed by atoms with E-state index in [0.717, 1.165) is 24.0 Å². The molecule has 4 nitrogen and oxygen atoms in total. The Bertz CT molecular complexity index is 420. The summed E-state index contributed by atoms with van der Waals surface area (Å²) >= 11 is 0. The highest BCUT2D eigenvalue weighted by Crippen LogP contribution is 2.28. The molecule has 0 saturated heterocycles. The summed E-state index contributed by atoms with van der Waals surface area (Å²) in [5, 5.41) is 8.13. The lowest BCUT2D eigenvalue weighted by Crippen LogP contribution is -2.32. The normalized spacial score (nSPS) is 23.0. The van der Waals surface area contributed by atoms with E-state index in [-0.39, 0.29) is 0 Å².